The molecule has 1 aromatic heterocycles. The van der Waals surface area contributed by atoms with E-state index in [2.05, 4.69) is 17.1 Å². The topological polar surface area (TPSA) is 58.4 Å². The number of nitro groups is 1. The zero-order valence-electron chi connectivity index (χ0n) is 10.00. The first kappa shape index (κ1) is 17.6. The Balaban J connectivity index is 0.00000144. The molecule has 18 heavy (non-hydrogen) atoms. The van der Waals surface area contributed by atoms with Gasteiger partial charge in [0.15, 0.2) is 0 Å². The largest absolute Gasteiger partial charge is 0.324 e. The Hall–Kier alpha value is -0.400. The molecule has 0 bridgehead atoms. The van der Waals surface area contributed by atoms with Crippen LogP contribution in [0.1, 0.15) is 18.5 Å². The van der Waals surface area contributed by atoms with Gasteiger partial charge in [-0.15, -0.1) is 24.8 Å². The van der Waals surface area contributed by atoms with Gasteiger partial charge in [0.05, 0.1) is 4.92 Å². The summed E-state index contributed by atoms with van der Waals surface area (Å²) in [6.07, 6.45) is 0. The van der Waals surface area contributed by atoms with Crippen molar-refractivity contribution in [3.05, 3.63) is 27.1 Å². The van der Waals surface area contributed by atoms with Crippen LogP contribution in [-0.4, -0.2) is 36.0 Å². The number of nitrogens with zero attached hydrogens (tertiary/aromatic N) is 2. The molecule has 1 aliphatic heterocycles. The van der Waals surface area contributed by atoms with Crippen molar-refractivity contribution >= 4 is 41.2 Å². The van der Waals surface area contributed by atoms with Gasteiger partial charge in [-0.05, 0) is 12.5 Å². The molecule has 1 aliphatic rings. The fourth-order valence-electron chi connectivity index (χ4n) is 1.93. The average Bonchev–Trinajstić information content (AvgIpc) is 2.78. The van der Waals surface area contributed by atoms with E-state index >= 15 is 0 Å². The van der Waals surface area contributed by atoms with Crippen LogP contribution >= 0.6 is 36.2 Å². The number of halogens is 2. The lowest BCUT2D eigenvalue weighted by Crippen LogP contribution is -2.44. The lowest BCUT2D eigenvalue weighted by Gasteiger charge is -2.32. The molecular weight excluding hydrogens is 297 g/mol. The molecule has 0 aliphatic carbocycles. The number of hydrogen-bond donors (Lipinski definition) is 1. The average molecular weight is 314 g/mol. The maximum absolute atomic E-state index is 10.6. The molecule has 1 N–H and O–H groups in total. The first-order valence-corrected chi connectivity index (χ1v) is 6.24. The van der Waals surface area contributed by atoms with Crippen LogP contribution in [-0.2, 0) is 0 Å². The van der Waals surface area contributed by atoms with Crippen LogP contribution in [0.15, 0.2) is 11.4 Å². The quantitative estimate of drug-likeness (QED) is 0.688. The van der Waals surface area contributed by atoms with Crippen LogP contribution in [0.25, 0.3) is 0 Å². The number of hydrogen-bond acceptors (Lipinski definition) is 5. The van der Waals surface area contributed by atoms with Crippen LogP contribution in [0.2, 0.25) is 0 Å². The zero-order valence-corrected chi connectivity index (χ0v) is 12.4. The van der Waals surface area contributed by atoms with Crippen molar-refractivity contribution in [2.45, 2.75) is 13.0 Å². The number of piperazine rings is 1. The van der Waals surface area contributed by atoms with Gasteiger partial charge in [-0.2, -0.15) is 0 Å². The van der Waals surface area contributed by atoms with E-state index in [9.17, 15) is 10.1 Å². The van der Waals surface area contributed by atoms with Gasteiger partial charge in [-0.3, -0.25) is 15.0 Å². The van der Waals surface area contributed by atoms with E-state index in [4.69, 9.17) is 0 Å². The van der Waals surface area contributed by atoms with E-state index in [-0.39, 0.29) is 40.8 Å². The fraction of sp³-hybridized carbons (Fsp3) is 0.600. The highest BCUT2D eigenvalue weighted by Crippen LogP contribution is 2.29. The highest BCUT2D eigenvalue weighted by molar-refractivity contribution is 7.13. The van der Waals surface area contributed by atoms with Crippen molar-refractivity contribution in [2.24, 2.45) is 0 Å². The van der Waals surface area contributed by atoms with Gasteiger partial charge < -0.3 is 5.32 Å². The van der Waals surface area contributed by atoms with Crippen LogP contribution in [0, 0.1) is 10.1 Å². The van der Waals surface area contributed by atoms with Crippen LogP contribution in [0.4, 0.5) is 5.00 Å². The van der Waals surface area contributed by atoms with E-state index in [0.717, 1.165) is 31.7 Å². The molecule has 1 aromatic rings. The van der Waals surface area contributed by atoms with Crippen LogP contribution in [0.5, 0.6) is 0 Å². The summed E-state index contributed by atoms with van der Waals surface area (Å²) in [7, 11) is 0. The summed E-state index contributed by atoms with van der Waals surface area (Å²) < 4.78 is 0. The highest BCUT2D eigenvalue weighted by atomic mass is 35.5. The Bertz CT molecular complexity index is 383. The minimum atomic E-state index is -0.321. The molecule has 104 valence electrons. The Labute approximate surface area is 123 Å². The Morgan fingerprint density at radius 2 is 2.06 bits per heavy atom. The van der Waals surface area contributed by atoms with E-state index in [0.29, 0.717) is 0 Å². The molecule has 5 nitrogen and oxygen atoms in total. The normalized spacial score (nSPS) is 17.4. The first-order valence-electron chi connectivity index (χ1n) is 5.36. The van der Waals surface area contributed by atoms with Crippen molar-refractivity contribution in [2.75, 3.05) is 26.2 Å². The van der Waals surface area contributed by atoms with Crippen molar-refractivity contribution in [1.82, 2.24) is 10.2 Å². The second kappa shape index (κ2) is 7.91. The summed E-state index contributed by atoms with van der Waals surface area (Å²) in [5.74, 6) is 0. The molecule has 0 spiro atoms. The van der Waals surface area contributed by atoms with E-state index in [1.54, 1.807) is 6.07 Å². The molecule has 1 saturated heterocycles. The third kappa shape index (κ3) is 4.07. The second-order valence-corrected chi connectivity index (χ2v) is 4.83. The predicted octanol–water partition coefficient (Wildman–Crippen LogP) is 2.47. The Morgan fingerprint density at radius 1 is 1.44 bits per heavy atom. The van der Waals surface area contributed by atoms with Crippen LogP contribution < -0.4 is 5.32 Å². The summed E-state index contributed by atoms with van der Waals surface area (Å²) in [4.78, 5) is 12.6. The molecule has 0 aromatic carbocycles. The molecule has 2 heterocycles. The molecule has 0 radical (unpaired) electrons. The highest BCUT2D eigenvalue weighted by Gasteiger charge is 2.21. The summed E-state index contributed by atoms with van der Waals surface area (Å²) >= 11 is 1.21. The van der Waals surface area contributed by atoms with Crippen LogP contribution in [0.3, 0.4) is 0 Å². The van der Waals surface area contributed by atoms with Crippen molar-refractivity contribution in [3.8, 4) is 0 Å². The third-order valence-electron chi connectivity index (χ3n) is 2.97. The summed E-state index contributed by atoms with van der Waals surface area (Å²) in [6, 6.07) is 1.96. The summed E-state index contributed by atoms with van der Waals surface area (Å²) in [5.41, 5.74) is 1.05. The van der Waals surface area contributed by atoms with E-state index < -0.39 is 0 Å². The standard InChI is InChI=1S/C10H15N3O2S.2ClH/c1-8(12-4-2-11-3-5-12)9-6-10(13(14)15)16-7-9;;/h6-8,11H,2-5H2,1H3;2*1H/t8-;;/m1../s1. The van der Waals surface area contributed by atoms with Gasteiger partial charge in [0.2, 0.25) is 0 Å². The Morgan fingerprint density at radius 3 is 2.56 bits per heavy atom. The lowest BCUT2D eigenvalue weighted by atomic mass is 10.1. The minimum Gasteiger partial charge on any atom is -0.314 e. The maximum Gasteiger partial charge on any atom is 0.324 e. The molecule has 8 heteroatoms. The monoisotopic (exact) mass is 313 g/mol. The first-order chi connectivity index (χ1) is 7.68. The molecule has 2 rings (SSSR count). The minimum absolute atomic E-state index is 0. The third-order valence-corrected chi connectivity index (χ3v) is 3.87. The van der Waals surface area contributed by atoms with Gasteiger partial charge in [0, 0.05) is 43.7 Å². The lowest BCUT2D eigenvalue weighted by molar-refractivity contribution is -0.380. The zero-order chi connectivity index (χ0) is 11.5. The molecular formula is C10H17Cl2N3O2S. The predicted molar refractivity (Wildman–Crippen MR) is 78.3 cm³/mol. The number of nitrogens with one attached hydrogen (secondary N) is 1. The van der Waals surface area contributed by atoms with E-state index in [1.165, 1.54) is 11.3 Å². The number of rotatable bonds is 3. The van der Waals surface area contributed by atoms with Gasteiger partial charge in [-0.1, -0.05) is 11.3 Å². The number of thiophene rings is 1. The second-order valence-electron chi connectivity index (χ2n) is 3.94. The SMILES string of the molecule is C[C@H](c1csc([N+](=O)[O-])c1)N1CCNCC1.Cl.Cl. The van der Waals surface area contributed by atoms with E-state index in [1.807, 2.05) is 5.38 Å². The molecule has 0 amide bonds. The van der Waals surface area contributed by atoms with Gasteiger partial charge in [0.25, 0.3) is 0 Å². The molecule has 0 unspecified atom stereocenters. The molecule has 0 saturated carbocycles. The molecule has 1 fully saturated rings. The smallest absolute Gasteiger partial charge is 0.314 e. The van der Waals surface area contributed by atoms with Crippen molar-refractivity contribution in [3.63, 3.8) is 0 Å². The van der Waals surface area contributed by atoms with Crippen molar-refractivity contribution in [1.29, 1.82) is 0 Å². The van der Waals surface area contributed by atoms with Gasteiger partial charge in [0.1, 0.15) is 0 Å². The maximum atomic E-state index is 10.6. The summed E-state index contributed by atoms with van der Waals surface area (Å²) in [5, 5.41) is 16.0. The fourth-order valence-corrected chi connectivity index (χ4v) is 2.75. The van der Waals surface area contributed by atoms with Crippen molar-refractivity contribution < 1.29 is 4.92 Å². The Kier molecular flexibility index (Phi) is 7.73. The van der Waals surface area contributed by atoms with Gasteiger partial charge >= 0.3 is 5.00 Å². The summed E-state index contributed by atoms with van der Waals surface area (Å²) in [6.45, 7) is 6.11. The van der Waals surface area contributed by atoms with Gasteiger partial charge in [-0.25, -0.2) is 0 Å². The molecule has 1 atom stereocenters.